The third kappa shape index (κ3) is 4.06. The lowest BCUT2D eigenvalue weighted by Crippen LogP contribution is -2.43. The van der Waals surface area contributed by atoms with Crippen molar-refractivity contribution in [3.8, 4) is 0 Å². The maximum Gasteiger partial charge on any atom is 0.305 e. The Morgan fingerprint density at radius 2 is 1.79 bits per heavy atom. The van der Waals surface area contributed by atoms with Crippen LogP contribution < -0.4 is 10.6 Å². The van der Waals surface area contributed by atoms with Crippen molar-refractivity contribution >= 4 is 17.6 Å². The third-order valence-electron chi connectivity index (χ3n) is 2.99. The molecule has 0 aliphatic heterocycles. The fourth-order valence-corrected chi connectivity index (χ4v) is 1.73. The van der Waals surface area contributed by atoms with Crippen molar-refractivity contribution in [2.24, 2.45) is 5.73 Å². The fraction of sp³-hybridized carbons (Fsp3) is 0.429. The Bertz CT molecular complexity index is 454. The zero-order valence-corrected chi connectivity index (χ0v) is 11.5. The Labute approximate surface area is 113 Å². The van der Waals surface area contributed by atoms with E-state index in [4.69, 9.17) is 10.8 Å². The van der Waals surface area contributed by atoms with Gasteiger partial charge < -0.3 is 15.7 Å². The summed E-state index contributed by atoms with van der Waals surface area (Å²) in [6, 6.07) is 6.55. The van der Waals surface area contributed by atoms with Gasteiger partial charge in [0.25, 0.3) is 0 Å². The number of amides is 1. The zero-order chi connectivity index (χ0) is 14.6. The summed E-state index contributed by atoms with van der Waals surface area (Å²) in [4.78, 5) is 23.9. The number of carboxylic acid groups (broad SMARTS) is 1. The van der Waals surface area contributed by atoms with Crippen molar-refractivity contribution in [3.63, 3.8) is 0 Å². The van der Waals surface area contributed by atoms with Gasteiger partial charge in [-0.2, -0.15) is 0 Å². The van der Waals surface area contributed by atoms with Crippen molar-refractivity contribution in [2.75, 3.05) is 11.9 Å². The van der Waals surface area contributed by atoms with Crippen molar-refractivity contribution < 1.29 is 14.7 Å². The molecule has 1 atom stereocenters. The van der Waals surface area contributed by atoms with Crippen molar-refractivity contribution in [3.05, 3.63) is 29.8 Å². The van der Waals surface area contributed by atoms with E-state index in [-0.39, 0.29) is 6.42 Å². The molecule has 0 radical (unpaired) electrons. The minimum atomic E-state index is -1.08. The Morgan fingerprint density at radius 1 is 1.26 bits per heavy atom. The number of hydrogen-bond donors (Lipinski definition) is 2. The van der Waals surface area contributed by atoms with Crippen LogP contribution in [0.4, 0.5) is 5.69 Å². The van der Waals surface area contributed by atoms with E-state index in [0.717, 1.165) is 0 Å². The van der Waals surface area contributed by atoms with E-state index in [9.17, 15) is 9.59 Å². The molecule has 0 aliphatic carbocycles. The highest BCUT2D eigenvalue weighted by molar-refractivity contribution is 5.98. The number of nitrogens with two attached hydrogens (primary N) is 1. The normalized spacial score (nSPS) is 12.3. The molecule has 0 fully saturated rings. The van der Waals surface area contributed by atoms with Gasteiger partial charge in [-0.25, -0.2) is 0 Å². The van der Waals surface area contributed by atoms with Crippen molar-refractivity contribution in [1.29, 1.82) is 0 Å². The first-order valence-electron chi connectivity index (χ1n) is 6.17. The number of rotatable bonds is 5. The Kier molecular flexibility index (Phi) is 5.06. The Morgan fingerprint density at radius 3 is 2.21 bits per heavy atom. The summed E-state index contributed by atoms with van der Waals surface area (Å²) in [6.07, 6.45) is -0.368. The van der Waals surface area contributed by atoms with Gasteiger partial charge in [-0.3, -0.25) is 9.59 Å². The van der Waals surface area contributed by atoms with Gasteiger partial charge in [-0.1, -0.05) is 26.0 Å². The van der Waals surface area contributed by atoms with E-state index in [0.29, 0.717) is 11.6 Å². The second-order valence-corrected chi connectivity index (χ2v) is 4.85. The smallest absolute Gasteiger partial charge is 0.305 e. The predicted molar refractivity (Wildman–Crippen MR) is 74.2 cm³/mol. The van der Waals surface area contributed by atoms with Gasteiger partial charge in [0.1, 0.15) is 0 Å². The molecular weight excluding hydrogens is 244 g/mol. The summed E-state index contributed by atoms with van der Waals surface area (Å²) in [5.41, 5.74) is 7.45. The lowest BCUT2D eigenvalue weighted by atomic mass is 10.0. The second kappa shape index (κ2) is 6.33. The molecule has 0 bridgehead atoms. The van der Waals surface area contributed by atoms with Crippen LogP contribution in [0.3, 0.4) is 0 Å². The van der Waals surface area contributed by atoms with Gasteiger partial charge in [0, 0.05) is 12.7 Å². The van der Waals surface area contributed by atoms with Gasteiger partial charge in [0.2, 0.25) is 5.91 Å². The lowest BCUT2D eigenvalue weighted by molar-refractivity contribution is -0.139. The largest absolute Gasteiger partial charge is 0.481 e. The molecule has 1 unspecified atom stereocenters. The maximum absolute atomic E-state index is 11.9. The molecule has 0 spiro atoms. The second-order valence-electron chi connectivity index (χ2n) is 4.85. The standard InChI is InChI=1S/C14H20N2O3/c1-9(2)10-4-6-11(7-5-10)16(3)14(19)12(15)8-13(17)18/h4-7,9,12H,8,15H2,1-3H3,(H,17,18). The highest BCUT2D eigenvalue weighted by Gasteiger charge is 2.21. The predicted octanol–water partition coefficient (Wildman–Crippen LogP) is 1.57. The topological polar surface area (TPSA) is 83.6 Å². The first kappa shape index (κ1) is 15.2. The number of carbonyl (C=O) groups is 2. The number of carboxylic acids is 1. The van der Waals surface area contributed by atoms with E-state index in [1.54, 1.807) is 7.05 Å². The molecular formula is C14H20N2O3. The molecule has 1 aromatic rings. The number of benzene rings is 1. The van der Waals surface area contributed by atoms with E-state index in [1.165, 1.54) is 10.5 Å². The number of nitrogens with zero attached hydrogens (tertiary/aromatic N) is 1. The molecule has 3 N–H and O–H groups in total. The minimum absolute atomic E-state index is 0.368. The quantitative estimate of drug-likeness (QED) is 0.845. The van der Waals surface area contributed by atoms with E-state index in [1.807, 2.05) is 24.3 Å². The highest BCUT2D eigenvalue weighted by Crippen LogP contribution is 2.19. The summed E-state index contributed by atoms with van der Waals surface area (Å²) in [7, 11) is 1.59. The Balaban J connectivity index is 2.79. The number of aliphatic carboxylic acids is 1. The van der Waals surface area contributed by atoms with Crippen LogP contribution in [0.1, 0.15) is 31.7 Å². The number of likely N-dealkylation sites (N-methyl/N-ethyl adjacent to an activating group) is 1. The van der Waals surface area contributed by atoms with Gasteiger partial charge in [-0.15, -0.1) is 0 Å². The van der Waals surface area contributed by atoms with Crippen molar-refractivity contribution in [1.82, 2.24) is 0 Å². The van der Waals surface area contributed by atoms with E-state index in [2.05, 4.69) is 13.8 Å². The van der Waals surface area contributed by atoms with E-state index >= 15 is 0 Å². The molecule has 0 aromatic heterocycles. The minimum Gasteiger partial charge on any atom is -0.481 e. The fourth-order valence-electron chi connectivity index (χ4n) is 1.73. The summed E-state index contributed by atoms with van der Waals surface area (Å²) in [5.74, 6) is -1.06. The first-order chi connectivity index (χ1) is 8.82. The molecule has 1 aromatic carbocycles. The molecule has 5 nitrogen and oxygen atoms in total. The number of anilines is 1. The highest BCUT2D eigenvalue weighted by atomic mass is 16.4. The zero-order valence-electron chi connectivity index (χ0n) is 11.5. The van der Waals surface area contributed by atoms with Crippen LogP contribution in [-0.4, -0.2) is 30.1 Å². The molecule has 19 heavy (non-hydrogen) atoms. The summed E-state index contributed by atoms with van der Waals surface area (Å²) in [5, 5.41) is 8.63. The lowest BCUT2D eigenvalue weighted by Gasteiger charge is -2.21. The van der Waals surface area contributed by atoms with Crippen molar-refractivity contribution in [2.45, 2.75) is 32.2 Å². The van der Waals surface area contributed by atoms with Crippen LogP contribution in [0.2, 0.25) is 0 Å². The molecule has 1 amide bonds. The SMILES string of the molecule is CC(C)c1ccc(N(C)C(=O)C(N)CC(=O)O)cc1. The van der Waals surface area contributed by atoms with Crippen LogP contribution >= 0.6 is 0 Å². The van der Waals surface area contributed by atoms with Gasteiger partial charge >= 0.3 is 5.97 Å². The summed E-state index contributed by atoms with van der Waals surface area (Å²) in [6.45, 7) is 4.18. The number of hydrogen-bond acceptors (Lipinski definition) is 3. The van der Waals surface area contributed by atoms with Crippen LogP contribution in [-0.2, 0) is 9.59 Å². The summed E-state index contributed by atoms with van der Waals surface area (Å²) < 4.78 is 0. The molecule has 0 aliphatic rings. The van der Waals surface area contributed by atoms with Crippen LogP contribution in [0.25, 0.3) is 0 Å². The number of carbonyl (C=O) groups excluding carboxylic acids is 1. The first-order valence-corrected chi connectivity index (χ1v) is 6.17. The van der Waals surface area contributed by atoms with Crippen LogP contribution in [0.5, 0.6) is 0 Å². The molecule has 104 valence electrons. The molecule has 5 heteroatoms. The van der Waals surface area contributed by atoms with Gasteiger partial charge in [0.05, 0.1) is 12.5 Å². The third-order valence-corrected chi connectivity index (χ3v) is 2.99. The monoisotopic (exact) mass is 264 g/mol. The summed E-state index contributed by atoms with van der Waals surface area (Å²) >= 11 is 0. The average Bonchev–Trinajstić information content (AvgIpc) is 2.36. The molecule has 0 saturated carbocycles. The van der Waals surface area contributed by atoms with Crippen LogP contribution in [0, 0.1) is 0 Å². The molecule has 0 saturated heterocycles. The average molecular weight is 264 g/mol. The molecule has 1 rings (SSSR count). The van der Waals surface area contributed by atoms with E-state index < -0.39 is 17.9 Å². The van der Waals surface area contributed by atoms with Gasteiger partial charge in [0.15, 0.2) is 0 Å². The Hall–Kier alpha value is -1.88. The van der Waals surface area contributed by atoms with Gasteiger partial charge in [-0.05, 0) is 23.6 Å². The molecule has 0 heterocycles. The van der Waals surface area contributed by atoms with Crippen LogP contribution in [0.15, 0.2) is 24.3 Å². The maximum atomic E-state index is 11.9.